The number of ether oxygens (including phenoxy) is 1. The van der Waals surface area contributed by atoms with Crippen LogP contribution in [0.2, 0.25) is 0 Å². The van der Waals surface area contributed by atoms with Crippen LogP contribution in [-0.2, 0) is 32.7 Å². The molecule has 4 N–H and O–H groups in total. The summed E-state index contributed by atoms with van der Waals surface area (Å²) in [6.07, 6.45) is 0.449. The molecule has 0 aliphatic rings. The van der Waals surface area contributed by atoms with E-state index in [-0.39, 0.29) is 12.2 Å². The van der Waals surface area contributed by atoms with E-state index in [9.17, 15) is 18.0 Å². The molecule has 10 nitrogen and oxygen atoms in total. The van der Waals surface area contributed by atoms with Crippen molar-refractivity contribution in [2.45, 2.75) is 25.8 Å². The largest absolute Gasteiger partial charge is 0.453 e. The van der Waals surface area contributed by atoms with E-state index in [1.807, 2.05) is 17.0 Å². The van der Waals surface area contributed by atoms with E-state index in [1.165, 1.54) is 30.6 Å². The summed E-state index contributed by atoms with van der Waals surface area (Å²) in [4.78, 5) is 27.9. The summed E-state index contributed by atoms with van der Waals surface area (Å²) in [6, 6.07) is 5.91. The molecule has 29 heavy (non-hydrogen) atoms. The maximum atomic E-state index is 12.2. The van der Waals surface area contributed by atoms with Crippen molar-refractivity contribution >= 4 is 39.3 Å². The number of anilines is 1. The molecule has 12 heteroatoms. The molecule has 2 rings (SSSR count). The van der Waals surface area contributed by atoms with E-state index < -0.39 is 28.3 Å². The van der Waals surface area contributed by atoms with Gasteiger partial charge in [0, 0.05) is 5.38 Å². The number of hydrogen-bond donors (Lipinski definition) is 4. The zero-order chi connectivity index (χ0) is 21.4. The second-order valence-corrected chi connectivity index (χ2v) is 8.02. The highest BCUT2D eigenvalue weighted by Crippen LogP contribution is 2.23. The third-order valence-electron chi connectivity index (χ3n) is 3.78. The zero-order valence-corrected chi connectivity index (χ0v) is 17.5. The van der Waals surface area contributed by atoms with E-state index in [4.69, 9.17) is 4.55 Å². The number of benzene rings is 1. The first-order valence-corrected chi connectivity index (χ1v) is 10.9. The molecule has 0 spiro atoms. The van der Waals surface area contributed by atoms with Gasteiger partial charge in [-0.15, -0.1) is 11.3 Å². The predicted octanol–water partition coefficient (Wildman–Crippen LogP) is 1.68. The molecule has 0 radical (unpaired) electrons. The van der Waals surface area contributed by atoms with E-state index in [0.717, 1.165) is 17.7 Å². The Morgan fingerprint density at radius 3 is 2.52 bits per heavy atom. The van der Waals surface area contributed by atoms with Crippen molar-refractivity contribution in [2.75, 3.05) is 18.4 Å². The number of aryl methyl sites for hydroxylation is 1. The third kappa shape index (κ3) is 7.68. The van der Waals surface area contributed by atoms with Crippen LogP contribution in [-0.4, -0.2) is 43.6 Å². The highest BCUT2D eigenvalue weighted by molar-refractivity contribution is 7.87. The number of alkyl carbamates (subject to hydrolysis) is 1. The number of nitrogens with zero attached hydrogens (tertiary/aromatic N) is 1. The fourth-order valence-corrected chi connectivity index (χ4v) is 3.80. The van der Waals surface area contributed by atoms with Gasteiger partial charge in [-0.3, -0.25) is 14.1 Å². The lowest BCUT2D eigenvalue weighted by Crippen LogP contribution is -2.39. The average molecular weight is 443 g/mol. The van der Waals surface area contributed by atoms with Gasteiger partial charge in [-0.2, -0.15) is 8.42 Å². The number of carbonyl (C=O) groups is 2. The molecule has 0 unspecified atom stereocenters. The molecule has 0 aliphatic carbocycles. The molecule has 0 aliphatic heterocycles. The molecule has 1 aromatic carbocycles. The minimum Gasteiger partial charge on any atom is -0.453 e. The number of aromatic nitrogens is 1. The first-order valence-electron chi connectivity index (χ1n) is 8.59. The monoisotopic (exact) mass is 442 g/mol. The number of rotatable bonds is 9. The molecule has 0 saturated heterocycles. The quantitative estimate of drug-likeness (QED) is 0.432. The van der Waals surface area contributed by atoms with Gasteiger partial charge in [-0.05, 0) is 30.5 Å². The minimum absolute atomic E-state index is 0.210. The maximum absolute atomic E-state index is 12.2. The Kier molecular flexibility index (Phi) is 7.93. The lowest BCUT2D eigenvalue weighted by Gasteiger charge is -2.17. The lowest BCUT2D eigenvalue weighted by molar-refractivity contribution is -0.120. The smallest absolute Gasteiger partial charge is 0.407 e. The van der Waals surface area contributed by atoms with Crippen LogP contribution in [0.3, 0.4) is 0 Å². The van der Waals surface area contributed by atoms with E-state index in [1.54, 1.807) is 12.1 Å². The lowest BCUT2D eigenvalue weighted by atomic mass is 10.1. The number of nitrogens with one attached hydrogen (secondary N) is 3. The number of methoxy groups -OCH3 is 1. The summed E-state index contributed by atoms with van der Waals surface area (Å²) in [5.41, 5.74) is 1.93. The van der Waals surface area contributed by atoms with Crippen LogP contribution in [0.4, 0.5) is 10.5 Å². The molecule has 2 aromatic rings. The summed E-state index contributed by atoms with van der Waals surface area (Å²) in [7, 11) is -3.14. The van der Waals surface area contributed by atoms with Crippen molar-refractivity contribution in [2.24, 2.45) is 0 Å². The van der Waals surface area contributed by atoms with Crippen LogP contribution >= 0.6 is 11.3 Å². The van der Waals surface area contributed by atoms with Crippen molar-refractivity contribution in [3.63, 3.8) is 0 Å². The Morgan fingerprint density at radius 2 is 1.97 bits per heavy atom. The van der Waals surface area contributed by atoms with Gasteiger partial charge >= 0.3 is 16.4 Å². The van der Waals surface area contributed by atoms with Crippen LogP contribution in [0.15, 0.2) is 29.6 Å². The molecule has 0 saturated carbocycles. The molecule has 2 amide bonds. The van der Waals surface area contributed by atoms with Gasteiger partial charge in [-0.1, -0.05) is 19.1 Å². The first kappa shape index (κ1) is 22.6. The highest BCUT2D eigenvalue weighted by Gasteiger charge is 2.19. The van der Waals surface area contributed by atoms with Crippen LogP contribution in [0.1, 0.15) is 29.2 Å². The Morgan fingerprint density at radius 1 is 1.28 bits per heavy atom. The third-order valence-corrected chi connectivity index (χ3v) is 5.29. The number of hydrogen-bond acceptors (Lipinski definition) is 7. The normalized spacial score (nSPS) is 12.1. The molecule has 0 bridgehead atoms. The second-order valence-electron chi connectivity index (χ2n) is 5.97. The Bertz CT molecular complexity index is 943. The fraction of sp³-hybridized carbons (Fsp3) is 0.353. The van der Waals surface area contributed by atoms with E-state index >= 15 is 0 Å². The summed E-state index contributed by atoms with van der Waals surface area (Å²) >= 11 is 1.42. The number of thiazole rings is 1. The molecule has 0 fully saturated rings. The molecule has 1 atom stereocenters. The summed E-state index contributed by atoms with van der Waals surface area (Å²) in [5, 5.41) is 7.79. The highest BCUT2D eigenvalue weighted by atomic mass is 32.2. The average Bonchev–Trinajstić information content (AvgIpc) is 3.15. The van der Waals surface area contributed by atoms with Crippen molar-refractivity contribution in [1.82, 2.24) is 15.6 Å². The van der Waals surface area contributed by atoms with Crippen LogP contribution in [0, 0.1) is 0 Å². The van der Waals surface area contributed by atoms with Gasteiger partial charge in [-0.25, -0.2) is 9.78 Å². The topological polar surface area (TPSA) is 147 Å². The van der Waals surface area contributed by atoms with Crippen LogP contribution < -0.4 is 15.4 Å². The van der Waals surface area contributed by atoms with Crippen molar-refractivity contribution in [3.8, 4) is 0 Å². The Balaban J connectivity index is 2.12. The fourth-order valence-electron chi connectivity index (χ4n) is 2.41. The number of carbonyl (C=O) groups excluding carboxylic acids is 2. The minimum atomic E-state index is -4.35. The summed E-state index contributed by atoms with van der Waals surface area (Å²) < 4.78 is 37.0. The Hall–Kier alpha value is -2.70. The summed E-state index contributed by atoms with van der Waals surface area (Å²) in [5.74, 6) is -0.404. The molecule has 1 aromatic heterocycles. The van der Waals surface area contributed by atoms with Gasteiger partial charge in [0.25, 0.3) is 0 Å². The first-order chi connectivity index (χ1) is 13.7. The Labute approximate surface area is 172 Å². The van der Waals surface area contributed by atoms with Gasteiger partial charge in [0.05, 0.1) is 24.5 Å². The second kappa shape index (κ2) is 10.2. The molecular weight excluding hydrogens is 420 g/mol. The van der Waals surface area contributed by atoms with E-state index in [2.05, 4.69) is 20.4 Å². The zero-order valence-electron chi connectivity index (χ0n) is 15.8. The predicted molar refractivity (Wildman–Crippen MR) is 108 cm³/mol. The molecule has 158 valence electrons. The molecular formula is C17H22N4O6S2. The standard InChI is InChI=1S/C17H22N4O6S2/c1-3-12-10-28-16(19-12)14(20-15(22)9-18-17(23)27-2)8-11-4-6-13(7-5-11)21-29(24,25)26/h4-7,10,14,21H,3,8-9H2,1-2H3,(H,18,23)(H,20,22)(H,24,25,26)/t14-/m0/s1. The van der Waals surface area contributed by atoms with Crippen LogP contribution in [0.25, 0.3) is 0 Å². The summed E-state index contributed by atoms with van der Waals surface area (Å²) in [6.45, 7) is 1.74. The van der Waals surface area contributed by atoms with Crippen molar-refractivity contribution in [1.29, 1.82) is 0 Å². The van der Waals surface area contributed by atoms with Crippen LogP contribution in [0.5, 0.6) is 0 Å². The van der Waals surface area contributed by atoms with Gasteiger partial charge in [0.15, 0.2) is 0 Å². The number of amides is 2. The van der Waals surface area contributed by atoms with Crippen molar-refractivity contribution < 1.29 is 27.3 Å². The van der Waals surface area contributed by atoms with E-state index in [0.29, 0.717) is 11.4 Å². The SMILES string of the molecule is CCc1csc([C@H](Cc2ccc(NS(=O)(=O)O)cc2)NC(=O)CNC(=O)OC)n1. The maximum Gasteiger partial charge on any atom is 0.407 e. The molecule has 1 heterocycles. The van der Waals surface area contributed by atoms with Gasteiger partial charge in [0.1, 0.15) is 11.6 Å². The van der Waals surface area contributed by atoms with Crippen molar-refractivity contribution in [3.05, 3.63) is 45.9 Å². The van der Waals surface area contributed by atoms with Gasteiger partial charge in [0.2, 0.25) is 5.91 Å². The van der Waals surface area contributed by atoms with Gasteiger partial charge < -0.3 is 15.4 Å².